The minimum absolute atomic E-state index is 0.262. The van der Waals surface area contributed by atoms with Crippen LogP contribution >= 0.6 is 0 Å². The molecule has 0 aliphatic heterocycles. The van der Waals surface area contributed by atoms with E-state index in [9.17, 15) is 14.0 Å². The molecule has 6 heteroatoms. The first-order valence-electron chi connectivity index (χ1n) is 11.1. The summed E-state index contributed by atoms with van der Waals surface area (Å²) < 4.78 is 13.3. The van der Waals surface area contributed by atoms with Crippen LogP contribution in [-0.2, 0) is 11.3 Å². The molecule has 0 fully saturated rings. The van der Waals surface area contributed by atoms with Crippen molar-refractivity contribution in [3.63, 3.8) is 0 Å². The largest absolute Gasteiger partial charge is 0.397 e. The zero-order valence-corrected chi connectivity index (χ0v) is 18.9. The summed E-state index contributed by atoms with van der Waals surface area (Å²) in [6, 6.07) is 29.3. The van der Waals surface area contributed by atoms with Crippen LogP contribution < -0.4 is 16.4 Å². The zero-order valence-electron chi connectivity index (χ0n) is 18.9. The second-order valence-corrected chi connectivity index (χ2v) is 7.90. The lowest BCUT2D eigenvalue weighted by molar-refractivity contribution is -0.115. The van der Waals surface area contributed by atoms with E-state index in [0.29, 0.717) is 22.5 Å². The van der Waals surface area contributed by atoms with Gasteiger partial charge in [-0.15, -0.1) is 0 Å². The van der Waals surface area contributed by atoms with Crippen molar-refractivity contribution in [2.45, 2.75) is 6.54 Å². The van der Waals surface area contributed by atoms with Gasteiger partial charge >= 0.3 is 0 Å². The molecule has 5 nitrogen and oxygen atoms in total. The highest BCUT2D eigenvalue weighted by Gasteiger charge is 2.13. The second-order valence-electron chi connectivity index (χ2n) is 7.90. The third-order valence-electron chi connectivity index (χ3n) is 5.39. The molecule has 4 rings (SSSR count). The highest BCUT2D eigenvalue weighted by Crippen LogP contribution is 2.20. The van der Waals surface area contributed by atoms with Crippen molar-refractivity contribution >= 4 is 34.8 Å². The van der Waals surface area contributed by atoms with Crippen molar-refractivity contribution in [1.82, 2.24) is 5.32 Å². The summed E-state index contributed by atoms with van der Waals surface area (Å²) in [6.07, 6.45) is 1.73. The second kappa shape index (κ2) is 10.9. The van der Waals surface area contributed by atoms with Crippen molar-refractivity contribution in [3.8, 4) is 0 Å². The van der Waals surface area contributed by atoms with E-state index in [4.69, 9.17) is 5.73 Å². The topological polar surface area (TPSA) is 84.2 Å². The third-order valence-corrected chi connectivity index (χ3v) is 5.39. The molecule has 0 heterocycles. The van der Waals surface area contributed by atoms with Crippen LogP contribution in [-0.4, -0.2) is 11.8 Å². The molecule has 0 spiro atoms. The van der Waals surface area contributed by atoms with Gasteiger partial charge in [-0.1, -0.05) is 66.7 Å². The highest BCUT2D eigenvalue weighted by molar-refractivity contribution is 6.24. The van der Waals surface area contributed by atoms with E-state index < -0.39 is 0 Å². The van der Waals surface area contributed by atoms with Crippen LogP contribution in [0.1, 0.15) is 27.0 Å². The van der Waals surface area contributed by atoms with Gasteiger partial charge in [0.05, 0.1) is 11.4 Å². The summed E-state index contributed by atoms with van der Waals surface area (Å²) in [6.45, 7) is 0.278. The first-order valence-corrected chi connectivity index (χ1v) is 11.1. The maximum Gasteiger partial charge on any atom is 0.255 e. The maximum atomic E-state index is 13.3. The summed E-state index contributed by atoms with van der Waals surface area (Å²) >= 11 is 0. The molecule has 0 aromatic heterocycles. The Kier molecular flexibility index (Phi) is 7.33. The molecular weight excluding hydrogens is 441 g/mol. The number of para-hydroxylation sites is 2. The number of anilines is 2. The Labute approximate surface area is 203 Å². The number of carbonyl (C=O) groups excluding carboxylic acids is 2. The highest BCUT2D eigenvalue weighted by atomic mass is 19.1. The number of benzene rings is 4. The Bertz CT molecular complexity index is 1350. The SMILES string of the molecule is Nc1ccccc1NC(=O)c1ccc(CNC(=O)C(=Cc2ccc(F)cc2)c2ccccc2)cc1. The summed E-state index contributed by atoms with van der Waals surface area (Å²) in [7, 11) is 0. The molecule has 0 saturated carbocycles. The average Bonchev–Trinajstić information content (AvgIpc) is 2.89. The number of hydrogen-bond acceptors (Lipinski definition) is 3. The molecule has 0 bridgehead atoms. The quantitative estimate of drug-likeness (QED) is 0.191. The van der Waals surface area contributed by atoms with E-state index in [2.05, 4.69) is 10.6 Å². The van der Waals surface area contributed by atoms with Crippen molar-refractivity contribution < 1.29 is 14.0 Å². The van der Waals surface area contributed by atoms with E-state index in [1.807, 2.05) is 30.3 Å². The zero-order chi connectivity index (χ0) is 24.6. The molecule has 0 saturated heterocycles. The standard InChI is InChI=1S/C29H24FN3O2/c30-24-16-12-20(13-17-24)18-25(22-6-2-1-3-7-22)29(35)32-19-21-10-14-23(15-11-21)28(34)33-27-9-5-4-8-26(27)31/h1-18H,19,31H2,(H,32,35)(H,33,34). The molecule has 0 aliphatic carbocycles. The van der Waals surface area contributed by atoms with Crippen molar-refractivity contribution in [3.05, 3.63) is 131 Å². The van der Waals surface area contributed by atoms with Crippen molar-refractivity contribution in [1.29, 1.82) is 0 Å². The van der Waals surface area contributed by atoms with Crippen LogP contribution in [0.2, 0.25) is 0 Å². The fourth-order valence-electron chi connectivity index (χ4n) is 3.48. The van der Waals surface area contributed by atoms with E-state index in [1.165, 1.54) is 12.1 Å². The van der Waals surface area contributed by atoms with E-state index in [0.717, 1.165) is 16.7 Å². The Morgan fingerprint density at radius 1 is 0.771 bits per heavy atom. The molecule has 2 amide bonds. The van der Waals surface area contributed by atoms with Gasteiger partial charge in [0, 0.05) is 17.7 Å². The molecular formula is C29H24FN3O2. The van der Waals surface area contributed by atoms with E-state index in [-0.39, 0.29) is 24.2 Å². The van der Waals surface area contributed by atoms with E-state index >= 15 is 0 Å². The molecule has 0 unspecified atom stereocenters. The summed E-state index contributed by atoms with van der Waals surface area (Å²) in [5.41, 5.74) is 10.2. The Hall–Kier alpha value is -4.71. The normalized spacial score (nSPS) is 11.1. The van der Waals surface area contributed by atoms with Gasteiger partial charge in [-0.2, -0.15) is 0 Å². The first-order chi connectivity index (χ1) is 17.0. The predicted molar refractivity (Wildman–Crippen MR) is 138 cm³/mol. The number of nitrogens with two attached hydrogens (primary N) is 1. The van der Waals surface area contributed by atoms with Crippen LogP contribution in [0.5, 0.6) is 0 Å². The summed E-state index contributed by atoms with van der Waals surface area (Å²) in [5, 5.41) is 5.72. The molecule has 4 N–H and O–H groups in total. The number of nitrogens with one attached hydrogen (secondary N) is 2. The molecule has 35 heavy (non-hydrogen) atoms. The maximum absolute atomic E-state index is 13.3. The number of rotatable bonds is 7. The summed E-state index contributed by atoms with van der Waals surface area (Å²) in [5.74, 6) is -0.869. The predicted octanol–water partition coefficient (Wildman–Crippen LogP) is 5.52. The van der Waals surface area contributed by atoms with Gasteiger partial charge in [0.2, 0.25) is 0 Å². The molecule has 0 atom stereocenters. The Balaban J connectivity index is 1.44. The van der Waals surface area contributed by atoms with Crippen LogP contribution in [0.3, 0.4) is 0 Å². The Morgan fingerprint density at radius 3 is 2.11 bits per heavy atom. The van der Waals surface area contributed by atoms with Crippen LogP contribution in [0.4, 0.5) is 15.8 Å². The number of hydrogen-bond donors (Lipinski definition) is 3. The fraction of sp³-hybridized carbons (Fsp3) is 0.0345. The van der Waals surface area contributed by atoms with Crippen LogP contribution in [0.25, 0.3) is 11.6 Å². The van der Waals surface area contributed by atoms with Gasteiger partial charge in [-0.05, 0) is 59.2 Å². The number of carbonyl (C=O) groups is 2. The van der Waals surface area contributed by atoms with Gasteiger partial charge in [0.15, 0.2) is 0 Å². The molecule has 0 aliphatic rings. The molecule has 174 valence electrons. The lowest BCUT2D eigenvalue weighted by Crippen LogP contribution is -2.24. The number of nitrogen functional groups attached to an aromatic ring is 1. The van der Waals surface area contributed by atoms with E-state index in [1.54, 1.807) is 66.7 Å². The third kappa shape index (κ3) is 6.21. The van der Waals surface area contributed by atoms with Gasteiger partial charge in [-0.3, -0.25) is 9.59 Å². The van der Waals surface area contributed by atoms with Crippen LogP contribution in [0.15, 0.2) is 103 Å². The molecule has 4 aromatic rings. The van der Waals surface area contributed by atoms with Gasteiger partial charge in [-0.25, -0.2) is 4.39 Å². The smallest absolute Gasteiger partial charge is 0.255 e. The first kappa shape index (κ1) is 23.4. The lowest BCUT2D eigenvalue weighted by Gasteiger charge is -2.11. The number of halogens is 1. The van der Waals surface area contributed by atoms with Gasteiger partial charge in [0.25, 0.3) is 11.8 Å². The minimum atomic E-state index is -0.336. The van der Waals surface area contributed by atoms with Crippen LogP contribution in [0, 0.1) is 5.82 Å². The summed E-state index contributed by atoms with van der Waals surface area (Å²) in [4.78, 5) is 25.6. The number of amides is 2. The lowest BCUT2D eigenvalue weighted by atomic mass is 10.0. The van der Waals surface area contributed by atoms with Crippen molar-refractivity contribution in [2.75, 3.05) is 11.1 Å². The van der Waals surface area contributed by atoms with Gasteiger partial charge < -0.3 is 16.4 Å². The molecule has 0 radical (unpaired) electrons. The minimum Gasteiger partial charge on any atom is -0.397 e. The fourth-order valence-corrected chi connectivity index (χ4v) is 3.48. The van der Waals surface area contributed by atoms with Gasteiger partial charge in [0.1, 0.15) is 5.82 Å². The molecule has 4 aromatic carbocycles. The monoisotopic (exact) mass is 465 g/mol. The Morgan fingerprint density at radius 2 is 1.43 bits per heavy atom. The van der Waals surface area contributed by atoms with Crippen molar-refractivity contribution in [2.24, 2.45) is 0 Å². The average molecular weight is 466 g/mol.